The molecule has 0 heterocycles. The highest BCUT2D eigenvalue weighted by molar-refractivity contribution is 6.70. The van der Waals surface area contributed by atoms with Gasteiger partial charge in [-0.2, -0.15) is 0 Å². The summed E-state index contributed by atoms with van der Waals surface area (Å²) in [5, 5.41) is 0. The minimum atomic E-state index is -1.71. The molecule has 0 spiro atoms. The van der Waals surface area contributed by atoms with E-state index in [1.807, 2.05) is 12.1 Å². The highest BCUT2D eigenvalue weighted by Gasteiger charge is 2.54. The summed E-state index contributed by atoms with van der Waals surface area (Å²) in [5.74, 6) is 1.13. The first kappa shape index (κ1) is 14.9. The number of fused-ring (bicyclic) bond motifs is 2. The van der Waals surface area contributed by atoms with Crippen LogP contribution in [0.5, 0.6) is 0 Å². The van der Waals surface area contributed by atoms with Crippen LogP contribution in [0.15, 0.2) is 36.1 Å². The molecule has 120 valence electrons. The Kier molecular flexibility index (Phi) is 3.17. The molecule has 0 saturated heterocycles. The number of hydrogen-bond donors (Lipinski definition) is 0. The van der Waals surface area contributed by atoms with Crippen LogP contribution in [0.3, 0.4) is 0 Å². The Morgan fingerprint density at radius 3 is 2.17 bits per heavy atom. The van der Waals surface area contributed by atoms with Crippen LogP contribution in [0.2, 0.25) is 19.6 Å². The summed E-state index contributed by atoms with van der Waals surface area (Å²) in [7, 11) is -1.71. The molecule has 1 aromatic rings. The number of Topliss-reactive ketones (excluding diaryl/α,β-unsaturated/α-hetero) is 2. The molecule has 0 amide bonds. The van der Waals surface area contributed by atoms with Gasteiger partial charge in [-0.15, -0.1) is 0 Å². The molecular weight excluding hydrogens is 304 g/mol. The van der Waals surface area contributed by atoms with E-state index < -0.39 is 8.32 Å². The summed E-state index contributed by atoms with van der Waals surface area (Å²) < 4.78 is 6.27. The van der Waals surface area contributed by atoms with Crippen molar-refractivity contribution in [1.82, 2.24) is 0 Å². The van der Waals surface area contributed by atoms with Gasteiger partial charge >= 0.3 is 0 Å². The lowest BCUT2D eigenvalue weighted by molar-refractivity contribution is 0.0425. The van der Waals surface area contributed by atoms with Gasteiger partial charge in [0.1, 0.15) is 0 Å². The van der Waals surface area contributed by atoms with Gasteiger partial charge in [0.15, 0.2) is 11.6 Å². The fourth-order valence-electron chi connectivity index (χ4n) is 4.53. The number of carbonyl (C=O) groups excluding carboxylic acids is 2. The van der Waals surface area contributed by atoms with E-state index in [9.17, 15) is 9.59 Å². The third kappa shape index (κ3) is 2.23. The van der Waals surface area contributed by atoms with Crippen molar-refractivity contribution < 1.29 is 14.0 Å². The van der Waals surface area contributed by atoms with Gasteiger partial charge in [-0.3, -0.25) is 9.59 Å². The van der Waals surface area contributed by atoms with Gasteiger partial charge in [0.25, 0.3) is 0 Å². The summed E-state index contributed by atoms with van der Waals surface area (Å²) >= 11 is 0. The van der Waals surface area contributed by atoms with Gasteiger partial charge in [0, 0.05) is 28.9 Å². The quantitative estimate of drug-likeness (QED) is 0.769. The molecule has 23 heavy (non-hydrogen) atoms. The van der Waals surface area contributed by atoms with Crippen molar-refractivity contribution in [2.75, 3.05) is 0 Å². The first-order chi connectivity index (χ1) is 10.9. The minimum Gasteiger partial charge on any atom is -0.547 e. The molecule has 0 aromatic heterocycles. The molecule has 4 aliphatic rings. The van der Waals surface area contributed by atoms with E-state index in [-0.39, 0.29) is 35.2 Å². The Hall–Kier alpha value is -1.68. The zero-order valence-electron chi connectivity index (χ0n) is 13.8. The lowest BCUT2D eigenvalue weighted by Gasteiger charge is -2.48. The first-order valence-electron chi connectivity index (χ1n) is 8.45. The number of ketones is 2. The van der Waals surface area contributed by atoms with Crippen LogP contribution in [0.25, 0.3) is 0 Å². The predicted molar refractivity (Wildman–Crippen MR) is 90.8 cm³/mol. The fourth-order valence-corrected chi connectivity index (χ4v) is 5.45. The summed E-state index contributed by atoms with van der Waals surface area (Å²) in [6.45, 7) is 6.49. The van der Waals surface area contributed by atoms with E-state index in [2.05, 4.69) is 25.7 Å². The number of carbonyl (C=O) groups is 2. The molecule has 0 N–H and O–H groups in total. The van der Waals surface area contributed by atoms with Gasteiger partial charge in [0.05, 0.1) is 5.76 Å². The Labute approximate surface area is 137 Å². The largest absolute Gasteiger partial charge is 0.547 e. The van der Waals surface area contributed by atoms with Gasteiger partial charge in [-0.05, 0) is 44.5 Å². The maximum absolute atomic E-state index is 13.1. The molecule has 0 aliphatic heterocycles. The maximum atomic E-state index is 13.1. The molecule has 3 nitrogen and oxygen atoms in total. The van der Waals surface area contributed by atoms with E-state index in [1.54, 1.807) is 12.1 Å². The second kappa shape index (κ2) is 4.90. The number of allylic oxidation sites excluding steroid dienone is 2. The summed E-state index contributed by atoms with van der Waals surface area (Å²) in [4.78, 5) is 26.0. The lowest BCUT2D eigenvalue weighted by Crippen LogP contribution is -2.51. The van der Waals surface area contributed by atoms with Gasteiger partial charge in [-0.1, -0.05) is 24.3 Å². The molecular formula is C19H22O3Si. The van der Waals surface area contributed by atoms with Crippen molar-refractivity contribution >= 4 is 19.9 Å². The average Bonchev–Trinajstić information content (AvgIpc) is 2.51. The predicted octanol–water partition coefficient (Wildman–Crippen LogP) is 4.07. The molecule has 1 aromatic carbocycles. The Morgan fingerprint density at radius 2 is 1.57 bits per heavy atom. The third-order valence-corrected chi connectivity index (χ3v) is 6.17. The van der Waals surface area contributed by atoms with E-state index in [4.69, 9.17) is 4.43 Å². The molecule has 2 bridgehead atoms. The van der Waals surface area contributed by atoms with Crippen LogP contribution < -0.4 is 0 Å². The van der Waals surface area contributed by atoms with Gasteiger partial charge < -0.3 is 4.43 Å². The summed E-state index contributed by atoms with van der Waals surface area (Å²) in [5.41, 5.74) is 1.23. The van der Waals surface area contributed by atoms with Crippen molar-refractivity contribution in [2.45, 2.75) is 32.5 Å². The first-order valence-corrected chi connectivity index (χ1v) is 11.9. The molecule has 4 atom stereocenters. The molecule has 4 unspecified atom stereocenters. The Bertz CT molecular complexity index is 728. The minimum absolute atomic E-state index is 0.0848. The van der Waals surface area contributed by atoms with Crippen LogP contribution in [0.4, 0.5) is 0 Å². The van der Waals surface area contributed by atoms with Crippen LogP contribution in [-0.4, -0.2) is 19.9 Å². The van der Waals surface area contributed by atoms with E-state index in [0.717, 1.165) is 18.6 Å². The van der Waals surface area contributed by atoms with Crippen molar-refractivity contribution in [3.05, 3.63) is 47.2 Å². The molecule has 4 aliphatic carbocycles. The highest BCUT2D eigenvalue weighted by atomic mass is 28.4. The van der Waals surface area contributed by atoms with Crippen molar-refractivity contribution in [3.8, 4) is 0 Å². The number of benzene rings is 1. The lowest BCUT2D eigenvalue weighted by atomic mass is 9.55. The zero-order valence-corrected chi connectivity index (χ0v) is 14.8. The monoisotopic (exact) mass is 326 g/mol. The molecule has 5 rings (SSSR count). The number of rotatable bonds is 2. The maximum Gasteiger partial charge on any atom is 0.241 e. The van der Waals surface area contributed by atoms with Crippen LogP contribution in [0, 0.1) is 23.7 Å². The van der Waals surface area contributed by atoms with Crippen molar-refractivity contribution in [2.24, 2.45) is 23.7 Å². The molecule has 0 radical (unpaired) electrons. The molecule has 1 saturated carbocycles. The second-order valence-corrected chi connectivity index (χ2v) is 12.4. The smallest absolute Gasteiger partial charge is 0.241 e. The van der Waals surface area contributed by atoms with Crippen molar-refractivity contribution in [3.63, 3.8) is 0 Å². The van der Waals surface area contributed by atoms with Crippen LogP contribution >= 0.6 is 0 Å². The van der Waals surface area contributed by atoms with Crippen molar-refractivity contribution in [1.29, 1.82) is 0 Å². The zero-order chi connectivity index (χ0) is 16.4. The standard InChI is InChI=1S/C19H22O3Si/c1-23(2,3)22-15-10-11-8-9-14(15)17-16(11)18(20)12-6-4-5-7-13(12)19(17)21/h4-7,10-11,14,16-17H,8-9H2,1-3H3. The topological polar surface area (TPSA) is 43.4 Å². The van der Waals surface area contributed by atoms with E-state index in [1.165, 1.54) is 0 Å². The molecule has 4 heteroatoms. The average molecular weight is 326 g/mol. The molecule has 1 fully saturated rings. The Morgan fingerprint density at radius 1 is 0.957 bits per heavy atom. The third-order valence-electron chi connectivity index (χ3n) is 5.32. The van der Waals surface area contributed by atoms with Crippen LogP contribution in [0.1, 0.15) is 33.6 Å². The second-order valence-electron chi connectivity index (χ2n) is 7.96. The van der Waals surface area contributed by atoms with Gasteiger partial charge in [0.2, 0.25) is 8.32 Å². The van der Waals surface area contributed by atoms with E-state index >= 15 is 0 Å². The Balaban J connectivity index is 1.78. The van der Waals surface area contributed by atoms with Gasteiger partial charge in [-0.25, -0.2) is 0 Å². The SMILES string of the molecule is C[Si](C)(C)OC1=CC2CCC1C1C(=O)c3ccccc3C(=O)C21. The fraction of sp³-hybridized carbons (Fsp3) is 0.474. The normalized spacial score (nSPS) is 32.2. The highest BCUT2D eigenvalue weighted by Crippen LogP contribution is 2.53. The summed E-state index contributed by atoms with van der Waals surface area (Å²) in [6.07, 6.45) is 4.11. The summed E-state index contributed by atoms with van der Waals surface area (Å²) in [6, 6.07) is 7.30. The van der Waals surface area contributed by atoms with Crippen LogP contribution in [-0.2, 0) is 4.43 Å². The number of hydrogen-bond acceptors (Lipinski definition) is 3. The van der Waals surface area contributed by atoms with E-state index in [0.29, 0.717) is 11.1 Å².